The summed E-state index contributed by atoms with van der Waals surface area (Å²) in [6.07, 6.45) is 1.96. The van der Waals surface area contributed by atoms with E-state index in [1.54, 1.807) is 24.8 Å². The fraction of sp³-hybridized carbons (Fsp3) is 0.300. The molecule has 0 saturated carbocycles. The van der Waals surface area contributed by atoms with Crippen LogP contribution in [0.15, 0.2) is 19.2 Å². The molecule has 0 unspecified atom stereocenters. The molecule has 2 aromatic rings. The van der Waals surface area contributed by atoms with Crippen molar-refractivity contribution in [3.05, 3.63) is 23.2 Å². The summed E-state index contributed by atoms with van der Waals surface area (Å²) in [4.78, 5) is 11.4. The number of carbonyl (C=O) groups is 1. The number of hydrogen-bond donors (Lipinski definition) is 2. The molecule has 2 rings (SSSR count). The van der Waals surface area contributed by atoms with Crippen LogP contribution in [0.4, 0.5) is 0 Å². The normalized spacial score (nSPS) is 10.7. The molecule has 0 atom stereocenters. The summed E-state index contributed by atoms with van der Waals surface area (Å²) < 4.78 is 7.32. The van der Waals surface area contributed by atoms with Crippen LogP contribution in [-0.4, -0.2) is 22.4 Å². The van der Waals surface area contributed by atoms with E-state index in [1.807, 2.05) is 6.26 Å². The van der Waals surface area contributed by atoms with Crippen LogP contribution in [0.5, 0.6) is 0 Å². The van der Waals surface area contributed by atoms with Crippen molar-refractivity contribution in [2.75, 3.05) is 6.26 Å². The lowest BCUT2D eigenvalue weighted by Crippen LogP contribution is -2.30. The molecule has 2 aromatic heterocycles. The SMILES string of the molecule is CSc1nnc(SCc2cc(C(=O)NN)c(C)o2)s1. The molecule has 1 amide bonds. The number of carbonyl (C=O) groups excluding carboxylic acids is 1. The number of rotatable bonds is 5. The van der Waals surface area contributed by atoms with Crippen LogP contribution in [0.2, 0.25) is 0 Å². The Hall–Kier alpha value is -1.03. The van der Waals surface area contributed by atoms with Crippen molar-refractivity contribution in [3.63, 3.8) is 0 Å². The molecule has 0 aliphatic carbocycles. The van der Waals surface area contributed by atoms with E-state index in [2.05, 4.69) is 15.6 Å². The summed E-state index contributed by atoms with van der Waals surface area (Å²) in [6.45, 7) is 1.73. The van der Waals surface area contributed by atoms with Gasteiger partial charge in [-0.1, -0.05) is 34.9 Å². The lowest BCUT2D eigenvalue weighted by atomic mass is 10.2. The number of thioether (sulfide) groups is 2. The topological polar surface area (TPSA) is 94.0 Å². The standard InChI is InChI=1S/C10H12N4O2S3/c1-5-7(8(15)12-11)3-6(16-5)4-18-10-14-13-9(17-2)19-10/h3H,4,11H2,1-2H3,(H,12,15). The molecular weight excluding hydrogens is 304 g/mol. The maximum Gasteiger partial charge on any atom is 0.268 e. The lowest BCUT2D eigenvalue weighted by molar-refractivity contribution is 0.0952. The summed E-state index contributed by atoms with van der Waals surface area (Å²) in [6, 6.07) is 1.70. The summed E-state index contributed by atoms with van der Waals surface area (Å²) in [5, 5.41) is 8.06. The molecule has 9 heteroatoms. The summed E-state index contributed by atoms with van der Waals surface area (Å²) in [7, 11) is 0. The van der Waals surface area contributed by atoms with Crippen LogP contribution in [0.25, 0.3) is 0 Å². The molecule has 0 aliphatic heterocycles. The number of nitrogens with zero attached hydrogens (tertiary/aromatic N) is 2. The highest BCUT2D eigenvalue weighted by Crippen LogP contribution is 2.30. The smallest absolute Gasteiger partial charge is 0.268 e. The third-order valence-electron chi connectivity index (χ3n) is 2.24. The largest absolute Gasteiger partial charge is 0.465 e. The minimum atomic E-state index is -0.349. The first-order valence-corrected chi connectivity index (χ1v) is 8.27. The van der Waals surface area contributed by atoms with Crippen molar-refractivity contribution < 1.29 is 9.21 Å². The first-order chi connectivity index (χ1) is 9.13. The van der Waals surface area contributed by atoms with E-state index in [0.29, 0.717) is 22.8 Å². The minimum absolute atomic E-state index is 0.349. The Kier molecular flexibility index (Phi) is 4.86. The van der Waals surface area contributed by atoms with Crippen LogP contribution < -0.4 is 11.3 Å². The molecule has 0 radical (unpaired) electrons. The summed E-state index contributed by atoms with van der Waals surface area (Å²) >= 11 is 4.63. The Labute approximate surface area is 122 Å². The molecular formula is C10H12N4O2S3. The number of amides is 1. The van der Waals surface area contributed by atoms with Crippen LogP contribution in [0.3, 0.4) is 0 Å². The fourth-order valence-corrected chi connectivity index (χ4v) is 3.71. The average Bonchev–Trinajstić information content (AvgIpc) is 3.01. The van der Waals surface area contributed by atoms with Gasteiger partial charge in [-0.15, -0.1) is 10.2 Å². The quantitative estimate of drug-likeness (QED) is 0.377. The van der Waals surface area contributed by atoms with Crippen molar-refractivity contribution in [1.29, 1.82) is 0 Å². The molecule has 102 valence electrons. The van der Waals surface area contributed by atoms with Crippen molar-refractivity contribution in [3.8, 4) is 0 Å². The van der Waals surface area contributed by atoms with E-state index in [4.69, 9.17) is 10.3 Å². The van der Waals surface area contributed by atoms with Crippen molar-refractivity contribution >= 4 is 40.8 Å². The molecule has 6 nitrogen and oxygen atoms in total. The number of aryl methyl sites for hydroxylation is 1. The molecule has 0 bridgehead atoms. The van der Waals surface area contributed by atoms with Gasteiger partial charge in [0.05, 0.1) is 11.3 Å². The second-order valence-electron chi connectivity index (χ2n) is 3.48. The molecule has 2 heterocycles. The molecule has 0 aromatic carbocycles. The Bertz CT molecular complexity index is 581. The molecule has 0 saturated heterocycles. The second-order valence-corrected chi connectivity index (χ2v) is 6.74. The zero-order valence-corrected chi connectivity index (χ0v) is 12.7. The monoisotopic (exact) mass is 316 g/mol. The number of furan rings is 1. The summed E-state index contributed by atoms with van der Waals surface area (Å²) in [5.74, 6) is 6.62. The van der Waals surface area contributed by atoms with Gasteiger partial charge in [-0.25, -0.2) is 5.84 Å². The highest BCUT2D eigenvalue weighted by atomic mass is 32.2. The van der Waals surface area contributed by atoms with E-state index in [0.717, 1.165) is 8.68 Å². The predicted octanol–water partition coefficient (Wildman–Crippen LogP) is 2.06. The Morgan fingerprint density at radius 1 is 1.53 bits per heavy atom. The van der Waals surface area contributed by atoms with Gasteiger partial charge in [-0.05, 0) is 19.2 Å². The van der Waals surface area contributed by atoms with Crippen molar-refractivity contribution in [2.24, 2.45) is 5.84 Å². The van der Waals surface area contributed by atoms with Gasteiger partial charge in [0.15, 0.2) is 8.68 Å². The number of nitrogens with one attached hydrogen (secondary N) is 1. The number of hydrazine groups is 1. The first kappa shape index (κ1) is 14.4. The van der Waals surface area contributed by atoms with Gasteiger partial charge >= 0.3 is 0 Å². The molecule has 0 spiro atoms. The predicted molar refractivity (Wildman–Crippen MR) is 76.3 cm³/mol. The lowest BCUT2D eigenvalue weighted by Gasteiger charge is -1.93. The van der Waals surface area contributed by atoms with Gasteiger partial charge in [-0.2, -0.15) is 0 Å². The first-order valence-electron chi connectivity index (χ1n) is 5.24. The Balaban J connectivity index is 2.01. The van der Waals surface area contributed by atoms with E-state index >= 15 is 0 Å². The van der Waals surface area contributed by atoms with E-state index < -0.39 is 0 Å². The van der Waals surface area contributed by atoms with E-state index in [9.17, 15) is 4.79 Å². The highest BCUT2D eigenvalue weighted by Gasteiger charge is 2.14. The van der Waals surface area contributed by atoms with Crippen molar-refractivity contribution in [1.82, 2.24) is 15.6 Å². The minimum Gasteiger partial charge on any atom is -0.465 e. The maximum absolute atomic E-state index is 11.4. The Morgan fingerprint density at radius 3 is 2.89 bits per heavy atom. The molecule has 19 heavy (non-hydrogen) atoms. The second kappa shape index (κ2) is 6.42. The third kappa shape index (κ3) is 3.50. The van der Waals surface area contributed by atoms with E-state index in [-0.39, 0.29) is 5.91 Å². The van der Waals surface area contributed by atoms with Gasteiger partial charge < -0.3 is 4.42 Å². The van der Waals surface area contributed by atoms with Crippen LogP contribution in [-0.2, 0) is 5.75 Å². The number of nitrogen functional groups attached to an aromatic ring is 1. The molecule has 0 fully saturated rings. The number of aromatic nitrogens is 2. The zero-order valence-electron chi connectivity index (χ0n) is 10.3. The van der Waals surface area contributed by atoms with Gasteiger partial charge in [0, 0.05) is 0 Å². The van der Waals surface area contributed by atoms with Gasteiger partial charge in [-0.3, -0.25) is 10.2 Å². The Morgan fingerprint density at radius 2 is 2.26 bits per heavy atom. The maximum atomic E-state index is 11.4. The third-order valence-corrected chi connectivity index (χ3v) is 5.30. The van der Waals surface area contributed by atoms with Gasteiger partial charge in [0.1, 0.15) is 11.5 Å². The zero-order chi connectivity index (χ0) is 13.8. The van der Waals surface area contributed by atoms with Crippen LogP contribution in [0, 0.1) is 6.92 Å². The number of hydrogen-bond acceptors (Lipinski definition) is 8. The highest BCUT2D eigenvalue weighted by molar-refractivity contribution is 8.02. The molecule has 3 N–H and O–H groups in total. The molecule has 0 aliphatic rings. The van der Waals surface area contributed by atoms with Gasteiger partial charge in [0.2, 0.25) is 0 Å². The van der Waals surface area contributed by atoms with Gasteiger partial charge in [0.25, 0.3) is 5.91 Å². The summed E-state index contributed by atoms with van der Waals surface area (Å²) in [5.41, 5.74) is 2.55. The average molecular weight is 316 g/mol. The van der Waals surface area contributed by atoms with Crippen LogP contribution >= 0.6 is 34.9 Å². The van der Waals surface area contributed by atoms with E-state index in [1.165, 1.54) is 23.1 Å². The van der Waals surface area contributed by atoms with Crippen LogP contribution in [0.1, 0.15) is 21.9 Å². The van der Waals surface area contributed by atoms with Crippen molar-refractivity contribution in [2.45, 2.75) is 21.4 Å². The number of nitrogens with two attached hydrogens (primary N) is 1. The fourth-order valence-electron chi connectivity index (χ4n) is 1.39.